The van der Waals surface area contributed by atoms with Crippen LogP contribution in [0.1, 0.15) is 27.2 Å². The van der Waals surface area contributed by atoms with Crippen LogP contribution in [0.3, 0.4) is 0 Å². The Labute approximate surface area is 185 Å². The van der Waals surface area contributed by atoms with Crippen LogP contribution in [0.15, 0.2) is 6.33 Å². The highest BCUT2D eigenvalue weighted by atomic mass is 31.2. The standard InChI is InChI=1S/C18H28N5O8P/c1-4-27-17-15-16(21-18(19)22-17)23(10-20-15)11-26-5-6-28-32(25)29-8-13(9-30-32)7-14(24)31-12(2)3/h10,12-13H,4-9,11H2,1-3H3,(H2,19,21,22). The Hall–Kier alpha value is -2.31. The van der Waals surface area contributed by atoms with Gasteiger partial charge < -0.3 is 19.9 Å². The van der Waals surface area contributed by atoms with Gasteiger partial charge in [-0.05, 0) is 20.8 Å². The van der Waals surface area contributed by atoms with E-state index >= 15 is 0 Å². The van der Waals surface area contributed by atoms with E-state index in [0.717, 1.165) is 0 Å². The topological polar surface area (TPSA) is 159 Å². The number of aromatic nitrogens is 4. The lowest BCUT2D eigenvalue weighted by atomic mass is 10.1. The van der Waals surface area contributed by atoms with Crippen molar-refractivity contribution in [3.8, 4) is 5.88 Å². The van der Waals surface area contributed by atoms with Crippen LogP contribution in [0.2, 0.25) is 0 Å². The molecule has 0 saturated carbocycles. The SMILES string of the molecule is CCOc1nc(N)nc2c1ncn2COCCOP1(=O)OCC(CC(=O)OC(C)C)CO1. The second-order valence-electron chi connectivity index (χ2n) is 7.22. The lowest BCUT2D eigenvalue weighted by molar-refractivity contribution is -0.149. The number of nitrogens with two attached hydrogens (primary N) is 1. The first kappa shape index (κ1) is 24.3. The number of imidazole rings is 1. The number of carbonyl (C=O) groups is 1. The Kier molecular flexibility index (Phi) is 8.38. The number of esters is 1. The summed E-state index contributed by atoms with van der Waals surface area (Å²) in [6.07, 6.45) is 1.46. The molecular weight excluding hydrogens is 445 g/mol. The second kappa shape index (κ2) is 11.0. The number of phosphoric ester groups is 1. The molecule has 1 aliphatic heterocycles. The summed E-state index contributed by atoms with van der Waals surface area (Å²) in [5.74, 6) is -0.228. The van der Waals surface area contributed by atoms with Gasteiger partial charge in [-0.15, -0.1) is 0 Å². The molecule has 14 heteroatoms. The minimum Gasteiger partial charge on any atom is -0.476 e. The van der Waals surface area contributed by atoms with Gasteiger partial charge in [0.1, 0.15) is 6.73 Å². The summed E-state index contributed by atoms with van der Waals surface area (Å²) in [7, 11) is -3.69. The molecule has 0 atom stereocenters. The molecule has 0 aromatic carbocycles. The van der Waals surface area contributed by atoms with Gasteiger partial charge in [0.05, 0.1) is 51.9 Å². The summed E-state index contributed by atoms with van der Waals surface area (Å²) in [6.45, 7) is 6.14. The molecular formula is C18H28N5O8P. The Morgan fingerprint density at radius 1 is 1.31 bits per heavy atom. The number of hydrogen-bond acceptors (Lipinski definition) is 12. The minimum atomic E-state index is -3.69. The summed E-state index contributed by atoms with van der Waals surface area (Å²) >= 11 is 0. The molecule has 3 rings (SSSR count). The van der Waals surface area contributed by atoms with Crippen LogP contribution in [0, 0.1) is 5.92 Å². The first-order chi connectivity index (χ1) is 15.3. The third kappa shape index (κ3) is 6.59. The smallest absolute Gasteiger partial charge is 0.474 e. The van der Waals surface area contributed by atoms with Crippen LogP contribution in [0.4, 0.5) is 5.95 Å². The molecule has 0 aliphatic carbocycles. The number of phosphoric acid groups is 1. The summed E-state index contributed by atoms with van der Waals surface area (Å²) in [6, 6.07) is 0. The average molecular weight is 473 g/mol. The maximum absolute atomic E-state index is 12.4. The van der Waals surface area contributed by atoms with E-state index in [2.05, 4.69) is 15.0 Å². The Morgan fingerprint density at radius 2 is 2.06 bits per heavy atom. The molecule has 0 amide bonds. The van der Waals surface area contributed by atoms with Crippen molar-refractivity contribution >= 4 is 30.9 Å². The van der Waals surface area contributed by atoms with E-state index in [1.165, 1.54) is 6.33 Å². The molecule has 178 valence electrons. The number of ether oxygens (including phenoxy) is 3. The maximum Gasteiger partial charge on any atom is 0.474 e. The molecule has 1 aliphatic rings. The molecule has 1 saturated heterocycles. The molecule has 3 heterocycles. The van der Waals surface area contributed by atoms with E-state index < -0.39 is 7.82 Å². The van der Waals surface area contributed by atoms with E-state index in [1.54, 1.807) is 18.4 Å². The third-order valence-corrected chi connectivity index (χ3v) is 5.63. The van der Waals surface area contributed by atoms with Gasteiger partial charge in [0.25, 0.3) is 0 Å². The van der Waals surface area contributed by atoms with Crippen LogP contribution < -0.4 is 10.5 Å². The molecule has 2 aromatic heterocycles. The maximum atomic E-state index is 12.4. The van der Waals surface area contributed by atoms with E-state index in [0.29, 0.717) is 23.7 Å². The number of fused-ring (bicyclic) bond motifs is 1. The van der Waals surface area contributed by atoms with Crippen molar-refractivity contribution in [1.29, 1.82) is 0 Å². The highest BCUT2D eigenvalue weighted by Gasteiger charge is 2.35. The van der Waals surface area contributed by atoms with Crippen molar-refractivity contribution in [3.63, 3.8) is 0 Å². The van der Waals surface area contributed by atoms with Crippen molar-refractivity contribution < 1.29 is 37.1 Å². The zero-order valence-electron chi connectivity index (χ0n) is 18.3. The van der Waals surface area contributed by atoms with Crippen molar-refractivity contribution in [3.05, 3.63) is 6.33 Å². The highest BCUT2D eigenvalue weighted by Crippen LogP contribution is 2.52. The van der Waals surface area contributed by atoms with Crippen molar-refractivity contribution in [2.24, 2.45) is 5.92 Å². The number of hydrogen-bond donors (Lipinski definition) is 1. The van der Waals surface area contributed by atoms with Gasteiger partial charge >= 0.3 is 13.8 Å². The molecule has 1 fully saturated rings. The lowest BCUT2D eigenvalue weighted by Crippen LogP contribution is -2.26. The quantitative estimate of drug-likeness (QED) is 0.287. The Balaban J connectivity index is 1.41. The molecule has 0 radical (unpaired) electrons. The molecule has 0 bridgehead atoms. The monoisotopic (exact) mass is 473 g/mol. The number of rotatable bonds is 11. The van der Waals surface area contributed by atoms with Gasteiger partial charge in [-0.3, -0.25) is 22.9 Å². The first-order valence-corrected chi connectivity index (χ1v) is 11.7. The third-order valence-electron chi connectivity index (χ3n) is 4.20. The Bertz CT molecular complexity index is 956. The number of nitrogens with zero attached hydrogens (tertiary/aromatic N) is 4. The van der Waals surface area contributed by atoms with E-state index in [4.69, 9.17) is 33.5 Å². The lowest BCUT2D eigenvalue weighted by Gasteiger charge is -2.27. The van der Waals surface area contributed by atoms with Gasteiger partial charge in [-0.1, -0.05) is 0 Å². The summed E-state index contributed by atoms with van der Waals surface area (Å²) in [5.41, 5.74) is 6.67. The summed E-state index contributed by atoms with van der Waals surface area (Å²) in [4.78, 5) is 24.1. The Morgan fingerprint density at radius 3 is 2.75 bits per heavy atom. The van der Waals surface area contributed by atoms with Crippen molar-refractivity contribution in [2.75, 3.05) is 38.8 Å². The molecule has 32 heavy (non-hydrogen) atoms. The zero-order chi connectivity index (χ0) is 23.1. The van der Waals surface area contributed by atoms with Crippen LogP contribution in [0.5, 0.6) is 5.88 Å². The molecule has 13 nitrogen and oxygen atoms in total. The van der Waals surface area contributed by atoms with Gasteiger partial charge in [0, 0.05) is 5.92 Å². The second-order valence-corrected chi connectivity index (χ2v) is 8.89. The fraction of sp³-hybridized carbons (Fsp3) is 0.667. The number of carbonyl (C=O) groups excluding carboxylic acids is 1. The molecule has 2 N–H and O–H groups in total. The summed E-state index contributed by atoms with van der Waals surface area (Å²) in [5, 5.41) is 0. The van der Waals surface area contributed by atoms with Crippen LogP contribution in [-0.2, 0) is 39.1 Å². The minimum absolute atomic E-state index is 0.0225. The van der Waals surface area contributed by atoms with Crippen LogP contribution in [0.25, 0.3) is 11.2 Å². The average Bonchev–Trinajstić information content (AvgIpc) is 3.12. The van der Waals surface area contributed by atoms with E-state index in [-0.39, 0.29) is 63.5 Å². The number of anilines is 1. The fourth-order valence-electron chi connectivity index (χ4n) is 2.85. The molecule has 0 spiro atoms. The van der Waals surface area contributed by atoms with Gasteiger partial charge in [0.15, 0.2) is 11.2 Å². The first-order valence-electron chi connectivity index (χ1n) is 10.2. The van der Waals surface area contributed by atoms with Crippen LogP contribution >= 0.6 is 7.82 Å². The summed E-state index contributed by atoms with van der Waals surface area (Å²) < 4.78 is 45.8. The molecule has 2 aromatic rings. The van der Waals surface area contributed by atoms with Gasteiger partial charge in [-0.2, -0.15) is 9.97 Å². The van der Waals surface area contributed by atoms with E-state index in [9.17, 15) is 9.36 Å². The number of nitrogen functional groups attached to an aromatic ring is 1. The van der Waals surface area contributed by atoms with Crippen molar-refractivity contribution in [1.82, 2.24) is 19.5 Å². The predicted molar refractivity (Wildman–Crippen MR) is 112 cm³/mol. The predicted octanol–water partition coefficient (Wildman–Crippen LogP) is 1.91. The zero-order valence-corrected chi connectivity index (χ0v) is 19.2. The van der Waals surface area contributed by atoms with Gasteiger partial charge in [-0.25, -0.2) is 9.55 Å². The molecule has 0 unspecified atom stereocenters. The highest BCUT2D eigenvalue weighted by molar-refractivity contribution is 7.48. The largest absolute Gasteiger partial charge is 0.476 e. The fourth-order valence-corrected chi connectivity index (χ4v) is 4.16. The van der Waals surface area contributed by atoms with E-state index in [1.807, 2.05) is 6.92 Å². The van der Waals surface area contributed by atoms with Crippen molar-refractivity contribution in [2.45, 2.75) is 40.0 Å². The normalized spacial score (nSPS) is 21.2. The van der Waals surface area contributed by atoms with Gasteiger partial charge in [0.2, 0.25) is 11.8 Å². The van der Waals surface area contributed by atoms with Crippen LogP contribution in [-0.4, -0.2) is 64.6 Å².